The van der Waals surface area contributed by atoms with Gasteiger partial charge in [-0.1, -0.05) is 29.8 Å². The summed E-state index contributed by atoms with van der Waals surface area (Å²) in [6.45, 7) is 0. The molecule has 0 spiro atoms. The van der Waals surface area contributed by atoms with Crippen molar-refractivity contribution in [3.8, 4) is 5.75 Å². The van der Waals surface area contributed by atoms with Crippen molar-refractivity contribution in [3.05, 3.63) is 70.7 Å². The minimum atomic E-state index is -1.16. The number of imide groups is 1. The van der Waals surface area contributed by atoms with Gasteiger partial charge in [-0.05, 0) is 47.2 Å². The molecule has 0 bridgehead atoms. The number of primary amides is 1. The van der Waals surface area contributed by atoms with Gasteiger partial charge in [0.1, 0.15) is 11.3 Å². The Morgan fingerprint density at radius 2 is 1.75 bits per heavy atom. The monoisotopic (exact) mass is 398 g/mol. The predicted molar refractivity (Wildman–Crippen MR) is 105 cm³/mol. The molecule has 0 unspecified atom stereocenters. The van der Waals surface area contributed by atoms with E-state index < -0.39 is 17.9 Å². The van der Waals surface area contributed by atoms with Crippen molar-refractivity contribution in [1.29, 1.82) is 0 Å². The van der Waals surface area contributed by atoms with Crippen LogP contribution in [0.4, 0.5) is 10.5 Å². The number of para-hydroxylation sites is 1. The van der Waals surface area contributed by atoms with Crippen LogP contribution in [0.5, 0.6) is 5.75 Å². The molecule has 3 N–H and O–H groups in total. The molecule has 8 heteroatoms. The molecule has 0 saturated carbocycles. The Hall–Kier alpha value is -3.58. The second kappa shape index (κ2) is 7.58. The molecule has 7 nitrogen and oxygen atoms in total. The number of methoxy groups -OCH3 is 1. The van der Waals surface area contributed by atoms with Crippen molar-refractivity contribution >= 4 is 46.0 Å². The van der Waals surface area contributed by atoms with Crippen molar-refractivity contribution in [1.82, 2.24) is 0 Å². The third kappa shape index (κ3) is 3.47. The lowest BCUT2D eigenvalue weighted by molar-refractivity contribution is 0.0693. The average molecular weight is 399 g/mol. The van der Waals surface area contributed by atoms with Crippen LogP contribution in [0.2, 0.25) is 5.02 Å². The standard InChI is InChI=1S/C20H15ClN2O5/c1-28-17-10-11-6-7-12(8-13(11)9-14(17)19(25)26)18(24)23(20(22)27)16-5-3-2-4-15(16)21/h2-10H,1H3,(H2,22,27)(H,25,26). The number of anilines is 1. The Bertz CT molecular complexity index is 1110. The fraction of sp³-hybridized carbons (Fsp3) is 0.0500. The molecule has 3 aromatic rings. The molecule has 3 amide bonds. The van der Waals surface area contributed by atoms with E-state index in [4.69, 9.17) is 22.1 Å². The SMILES string of the molecule is COc1cc2ccc(C(=O)N(C(N)=O)c3ccccc3Cl)cc2cc1C(=O)O. The van der Waals surface area contributed by atoms with E-state index in [1.54, 1.807) is 24.3 Å². The van der Waals surface area contributed by atoms with Crippen LogP contribution in [-0.4, -0.2) is 30.1 Å². The average Bonchev–Trinajstić information content (AvgIpc) is 2.67. The number of carbonyl (C=O) groups excluding carboxylic acids is 2. The summed E-state index contributed by atoms with van der Waals surface area (Å²) in [4.78, 5) is 37.1. The van der Waals surface area contributed by atoms with Crippen molar-refractivity contribution in [2.45, 2.75) is 0 Å². The van der Waals surface area contributed by atoms with Crippen LogP contribution in [-0.2, 0) is 0 Å². The van der Waals surface area contributed by atoms with E-state index in [2.05, 4.69) is 0 Å². The van der Waals surface area contributed by atoms with Crippen LogP contribution in [0.25, 0.3) is 10.8 Å². The number of fused-ring (bicyclic) bond motifs is 1. The molecule has 0 aliphatic heterocycles. The number of hydrogen-bond donors (Lipinski definition) is 2. The fourth-order valence-corrected chi connectivity index (χ4v) is 3.06. The molecule has 0 radical (unpaired) electrons. The topological polar surface area (TPSA) is 110 Å². The quantitative estimate of drug-likeness (QED) is 0.692. The second-order valence-corrected chi connectivity index (χ2v) is 6.26. The number of aromatic carboxylic acids is 1. The summed E-state index contributed by atoms with van der Waals surface area (Å²) in [7, 11) is 1.37. The lowest BCUT2D eigenvalue weighted by Crippen LogP contribution is -2.41. The first-order chi connectivity index (χ1) is 13.3. The molecule has 28 heavy (non-hydrogen) atoms. The molecular weight excluding hydrogens is 384 g/mol. The highest BCUT2D eigenvalue weighted by Gasteiger charge is 2.25. The first kappa shape index (κ1) is 19.2. The highest BCUT2D eigenvalue weighted by molar-refractivity contribution is 6.35. The van der Waals surface area contributed by atoms with Crippen LogP contribution in [0.1, 0.15) is 20.7 Å². The Balaban J connectivity index is 2.11. The minimum absolute atomic E-state index is 0.0440. The highest BCUT2D eigenvalue weighted by atomic mass is 35.5. The molecule has 0 aliphatic carbocycles. The maximum absolute atomic E-state index is 13.0. The molecule has 3 aromatic carbocycles. The van der Waals surface area contributed by atoms with Crippen LogP contribution in [0, 0.1) is 0 Å². The zero-order chi connectivity index (χ0) is 20.4. The van der Waals surface area contributed by atoms with Gasteiger partial charge in [0.2, 0.25) is 0 Å². The van der Waals surface area contributed by atoms with Crippen LogP contribution >= 0.6 is 11.6 Å². The van der Waals surface area contributed by atoms with Gasteiger partial charge < -0.3 is 15.6 Å². The zero-order valence-corrected chi connectivity index (χ0v) is 15.4. The van der Waals surface area contributed by atoms with Gasteiger partial charge in [0.25, 0.3) is 5.91 Å². The molecule has 0 aromatic heterocycles. The number of halogens is 1. The Morgan fingerprint density at radius 3 is 2.36 bits per heavy atom. The number of carboxylic acid groups (broad SMARTS) is 1. The van der Waals surface area contributed by atoms with Crippen molar-refractivity contribution in [2.24, 2.45) is 5.73 Å². The van der Waals surface area contributed by atoms with E-state index in [0.29, 0.717) is 10.8 Å². The Kier molecular flexibility index (Phi) is 5.19. The van der Waals surface area contributed by atoms with Gasteiger partial charge in [0.05, 0.1) is 17.8 Å². The van der Waals surface area contributed by atoms with Gasteiger partial charge in [-0.15, -0.1) is 0 Å². The van der Waals surface area contributed by atoms with E-state index in [1.165, 1.54) is 37.4 Å². The Morgan fingerprint density at radius 1 is 1.04 bits per heavy atom. The molecule has 142 valence electrons. The van der Waals surface area contributed by atoms with Gasteiger partial charge >= 0.3 is 12.0 Å². The molecule has 3 rings (SSSR count). The number of nitrogens with zero attached hydrogens (tertiary/aromatic N) is 1. The fourth-order valence-electron chi connectivity index (χ4n) is 2.84. The summed E-state index contributed by atoms with van der Waals surface area (Å²) in [5.74, 6) is -1.64. The number of rotatable bonds is 4. The van der Waals surface area contributed by atoms with E-state index in [1.807, 2.05) is 0 Å². The summed E-state index contributed by atoms with van der Waals surface area (Å²) in [5.41, 5.74) is 5.66. The minimum Gasteiger partial charge on any atom is -0.496 e. The molecule has 0 heterocycles. The number of carbonyl (C=O) groups is 3. The molecule has 0 aliphatic rings. The van der Waals surface area contributed by atoms with Gasteiger partial charge in [-0.25, -0.2) is 14.5 Å². The first-order valence-corrected chi connectivity index (χ1v) is 8.44. The maximum Gasteiger partial charge on any atom is 0.339 e. The third-order valence-electron chi connectivity index (χ3n) is 4.15. The largest absolute Gasteiger partial charge is 0.496 e. The van der Waals surface area contributed by atoms with Crippen LogP contribution in [0.3, 0.4) is 0 Å². The summed E-state index contributed by atoms with van der Waals surface area (Å²) in [6.07, 6.45) is 0. The lowest BCUT2D eigenvalue weighted by atomic mass is 10.0. The van der Waals surface area contributed by atoms with E-state index in [-0.39, 0.29) is 27.6 Å². The molecule has 0 saturated heterocycles. The van der Waals surface area contributed by atoms with Gasteiger partial charge in [0.15, 0.2) is 0 Å². The third-order valence-corrected chi connectivity index (χ3v) is 4.47. The molecule has 0 fully saturated rings. The summed E-state index contributed by atoms with van der Waals surface area (Å²) in [6, 6.07) is 12.9. The number of hydrogen-bond acceptors (Lipinski definition) is 4. The number of carboxylic acids is 1. The normalized spacial score (nSPS) is 10.5. The highest BCUT2D eigenvalue weighted by Crippen LogP contribution is 2.29. The zero-order valence-electron chi connectivity index (χ0n) is 14.7. The van der Waals surface area contributed by atoms with E-state index in [9.17, 15) is 19.5 Å². The van der Waals surface area contributed by atoms with Gasteiger partial charge in [-0.2, -0.15) is 0 Å². The van der Waals surface area contributed by atoms with Crippen molar-refractivity contribution < 1.29 is 24.2 Å². The predicted octanol–water partition coefficient (Wildman–Crippen LogP) is 3.93. The Labute approximate surface area is 164 Å². The first-order valence-electron chi connectivity index (χ1n) is 8.07. The number of urea groups is 1. The van der Waals surface area contributed by atoms with Gasteiger partial charge in [-0.3, -0.25) is 4.79 Å². The summed E-state index contributed by atoms with van der Waals surface area (Å²) < 4.78 is 5.10. The summed E-state index contributed by atoms with van der Waals surface area (Å²) in [5, 5.41) is 10.7. The van der Waals surface area contributed by atoms with E-state index >= 15 is 0 Å². The van der Waals surface area contributed by atoms with Crippen molar-refractivity contribution in [3.63, 3.8) is 0 Å². The van der Waals surface area contributed by atoms with Gasteiger partial charge in [0, 0.05) is 5.56 Å². The molecule has 0 atom stereocenters. The second-order valence-electron chi connectivity index (χ2n) is 5.85. The van der Waals surface area contributed by atoms with Crippen LogP contribution < -0.4 is 15.4 Å². The maximum atomic E-state index is 13.0. The van der Waals surface area contributed by atoms with E-state index in [0.717, 1.165) is 4.90 Å². The molecular formula is C20H15ClN2O5. The summed E-state index contributed by atoms with van der Waals surface area (Å²) >= 11 is 6.10. The number of amides is 3. The number of ether oxygens (including phenoxy) is 1. The number of nitrogens with two attached hydrogens (primary N) is 1. The van der Waals surface area contributed by atoms with Crippen molar-refractivity contribution in [2.75, 3.05) is 12.0 Å². The lowest BCUT2D eigenvalue weighted by Gasteiger charge is -2.20. The van der Waals surface area contributed by atoms with Crippen LogP contribution in [0.15, 0.2) is 54.6 Å². The smallest absolute Gasteiger partial charge is 0.339 e. The number of benzene rings is 3.